The Hall–Kier alpha value is -0.120. The van der Waals surface area contributed by atoms with Crippen molar-refractivity contribution in [1.82, 2.24) is 10.4 Å². The number of rotatable bonds is 2. The maximum absolute atomic E-state index is 3.32. The lowest BCUT2D eigenvalue weighted by atomic mass is 10.2. The first kappa shape index (κ1) is 9.88. The molecule has 0 bridgehead atoms. The lowest BCUT2D eigenvalue weighted by molar-refractivity contribution is 0.158. The summed E-state index contributed by atoms with van der Waals surface area (Å²) in [6, 6.07) is 0. The van der Waals surface area contributed by atoms with Gasteiger partial charge in [-0.3, -0.25) is 5.43 Å². The molecular weight excluding hydrogens is 128 g/mol. The van der Waals surface area contributed by atoms with E-state index < -0.39 is 0 Å². The van der Waals surface area contributed by atoms with E-state index in [0.717, 1.165) is 6.54 Å². The van der Waals surface area contributed by atoms with E-state index in [1.165, 1.54) is 32.4 Å². The second-order valence-electron chi connectivity index (χ2n) is 2.56. The molecule has 1 saturated heterocycles. The minimum Gasteiger partial charge on any atom is -0.412 e. The molecule has 1 fully saturated rings. The predicted octanol–water partition coefficient (Wildman–Crippen LogP) is 0.172. The highest BCUT2D eigenvalue weighted by Gasteiger charge is 2.06. The molecule has 0 unspecified atom stereocenters. The average molecular weight is 146 g/mol. The molecule has 3 heteroatoms. The number of hydrogen-bond donors (Lipinski definition) is 1. The van der Waals surface area contributed by atoms with Gasteiger partial charge in [-0.2, -0.15) is 0 Å². The van der Waals surface area contributed by atoms with Crippen molar-refractivity contribution in [3.8, 4) is 0 Å². The number of piperidine rings is 1. The molecule has 0 radical (unpaired) electrons. The van der Waals surface area contributed by atoms with Crippen LogP contribution in [0.3, 0.4) is 0 Å². The maximum Gasteiger partial charge on any atom is 0.0130 e. The van der Waals surface area contributed by atoms with Gasteiger partial charge in [-0.15, -0.1) is 0 Å². The van der Waals surface area contributed by atoms with Crippen LogP contribution in [-0.2, 0) is 0 Å². The third kappa shape index (κ3) is 3.15. The topological polar surface area (TPSA) is 46.8 Å². The largest absolute Gasteiger partial charge is 0.412 e. The lowest BCUT2D eigenvalue weighted by Crippen LogP contribution is -2.41. The van der Waals surface area contributed by atoms with E-state index in [-0.39, 0.29) is 5.48 Å². The van der Waals surface area contributed by atoms with E-state index in [2.05, 4.69) is 17.4 Å². The smallest absolute Gasteiger partial charge is 0.0130 e. The minimum absolute atomic E-state index is 0. The molecule has 10 heavy (non-hydrogen) atoms. The maximum atomic E-state index is 3.32. The summed E-state index contributed by atoms with van der Waals surface area (Å²) in [4.78, 5) is 0. The second-order valence-corrected chi connectivity index (χ2v) is 2.56. The number of hydrogen-bond acceptors (Lipinski definition) is 2. The molecule has 0 atom stereocenters. The van der Waals surface area contributed by atoms with Gasteiger partial charge < -0.3 is 5.48 Å². The van der Waals surface area contributed by atoms with E-state index in [1.807, 2.05) is 0 Å². The van der Waals surface area contributed by atoms with E-state index in [4.69, 9.17) is 0 Å². The van der Waals surface area contributed by atoms with Crippen LogP contribution in [0.5, 0.6) is 0 Å². The van der Waals surface area contributed by atoms with Crippen molar-refractivity contribution in [2.45, 2.75) is 26.2 Å². The Morgan fingerprint density at radius 3 is 2.30 bits per heavy atom. The van der Waals surface area contributed by atoms with Gasteiger partial charge in [0, 0.05) is 19.6 Å². The van der Waals surface area contributed by atoms with E-state index in [9.17, 15) is 0 Å². The molecule has 62 valence electrons. The molecule has 1 heterocycles. The van der Waals surface area contributed by atoms with Gasteiger partial charge in [-0.1, -0.05) is 13.3 Å². The van der Waals surface area contributed by atoms with Crippen LogP contribution in [0.4, 0.5) is 0 Å². The standard InChI is InChI=1S/C7H16N2.H2O/c1-2-8-9-6-4-3-5-7-9;/h8H,2-7H2,1H3;1H2. The van der Waals surface area contributed by atoms with Crippen LogP contribution in [0.25, 0.3) is 0 Å². The van der Waals surface area contributed by atoms with Crippen molar-refractivity contribution in [2.75, 3.05) is 19.6 Å². The van der Waals surface area contributed by atoms with Crippen molar-refractivity contribution >= 4 is 0 Å². The summed E-state index contributed by atoms with van der Waals surface area (Å²) in [5, 5.41) is 2.32. The molecule has 1 rings (SSSR count). The highest BCUT2D eigenvalue weighted by molar-refractivity contribution is 4.59. The zero-order valence-corrected chi connectivity index (χ0v) is 6.69. The Balaban J connectivity index is 0.000000810. The number of hydrazine groups is 1. The normalized spacial score (nSPS) is 20.1. The Kier molecular flexibility index (Phi) is 5.58. The zero-order chi connectivity index (χ0) is 6.53. The third-order valence-corrected chi connectivity index (χ3v) is 1.74. The fraction of sp³-hybridized carbons (Fsp3) is 1.00. The van der Waals surface area contributed by atoms with Crippen LogP contribution in [-0.4, -0.2) is 30.1 Å². The summed E-state index contributed by atoms with van der Waals surface area (Å²) < 4.78 is 0. The fourth-order valence-corrected chi connectivity index (χ4v) is 1.28. The zero-order valence-electron chi connectivity index (χ0n) is 6.69. The average Bonchev–Trinajstić information content (AvgIpc) is 1.91. The Labute approximate surface area is 62.7 Å². The molecule has 0 spiro atoms. The van der Waals surface area contributed by atoms with Gasteiger partial charge >= 0.3 is 0 Å². The third-order valence-electron chi connectivity index (χ3n) is 1.74. The van der Waals surface area contributed by atoms with E-state index in [0.29, 0.717) is 0 Å². The Morgan fingerprint density at radius 2 is 1.80 bits per heavy atom. The summed E-state index contributed by atoms with van der Waals surface area (Å²) in [6.45, 7) is 5.70. The fourth-order valence-electron chi connectivity index (χ4n) is 1.28. The van der Waals surface area contributed by atoms with Crippen molar-refractivity contribution in [2.24, 2.45) is 0 Å². The van der Waals surface area contributed by atoms with Crippen molar-refractivity contribution in [3.05, 3.63) is 0 Å². The van der Waals surface area contributed by atoms with Gasteiger partial charge in [-0.05, 0) is 12.8 Å². The summed E-state index contributed by atoms with van der Waals surface area (Å²) in [5.41, 5.74) is 3.32. The summed E-state index contributed by atoms with van der Waals surface area (Å²) in [5.74, 6) is 0. The van der Waals surface area contributed by atoms with Gasteiger partial charge in [0.1, 0.15) is 0 Å². The Bertz CT molecular complexity index is 69.3. The second kappa shape index (κ2) is 5.65. The van der Waals surface area contributed by atoms with Crippen LogP contribution in [0.2, 0.25) is 0 Å². The summed E-state index contributed by atoms with van der Waals surface area (Å²) >= 11 is 0. The van der Waals surface area contributed by atoms with Crippen LogP contribution in [0, 0.1) is 0 Å². The van der Waals surface area contributed by atoms with Gasteiger partial charge in [-0.25, -0.2) is 5.01 Å². The predicted molar refractivity (Wildman–Crippen MR) is 42.7 cm³/mol. The van der Waals surface area contributed by atoms with Crippen molar-refractivity contribution < 1.29 is 5.48 Å². The van der Waals surface area contributed by atoms with E-state index in [1.54, 1.807) is 0 Å². The first-order valence-corrected chi connectivity index (χ1v) is 3.92. The van der Waals surface area contributed by atoms with Crippen molar-refractivity contribution in [3.63, 3.8) is 0 Å². The van der Waals surface area contributed by atoms with Crippen LogP contribution in [0.1, 0.15) is 26.2 Å². The first-order chi connectivity index (χ1) is 4.43. The molecule has 0 amide bonds. The molecule has 0 aromatic heterocycles. The Morgan fingerprint density at radius 1 is 1.20 bits per heavy atom. The quantitative estimate of drug-likeness (QED) is 0.603. The summed E-state index contributed by atoms with van der Waals surface area (Å²) in [7, 11) is 0. The molecule has 1 aliphatic rings. The SMILES string of the molecule is CCNN1CCCCC1.O. The van der Waals surface area contributed by atoms with Gasteiger partial charge in [0.25, 0.3) is 0 Å². The highest BCUT2D eigenvalue weighted by Crippen LogP contribution is 2.04. The molecular formula is C7H18N2O. The van der Waals surface area contributed by atoms with Crippen LogP contribution < -0.4 is 5.43 Å². The molecule has 0 aliphatic carbocycles. The van der Waals surface area contributed by atoms with Crippen LogP contribution >= 0.6 is 0 Å². The van der Waals surface area contributed by atoms with Gasteiger partial charge in [0.2, 0.25) is 0 Å². The summed E-state index contributed by atoms with van der Waals surface area (Å²) in [6.07, 6.45) is 4.15. The highest BCUT2D eigenvalue weighted by atomic mass is 16.0. The lowest BCUT2D eigenvalue weighted by Gasteiger charge is -2.26. The van der Waals surface area contributed by atoms with Gasteiger partial charge in [0.05, 0.1) is 0 Å². The number of nitrogens with one attached hydrogen (secondary N) is 1. The number of nitrogens with zero attached hydrogens (tertiary/aromatic N) is 1. The van der Waals surface area contributed by atoms with Crippen molar-refractivity contribution in [1.29, 1.82) is 0 Å². The first-order valence-electron chi connectivity index (χ1n) is 3.92. The molecule has 3 N–H and O–H groups in total. The minimum atomic E-state index is 0. The molecule has 0 saturated carbocycles. The molecule has 1 aliphatic heterocycles. The molecule has 3 nitrogen and oxygen atoms in total. The van der Waals surface area contributed by atoms with Crippen LogP contribution in [0.15, 0.2) is 0 Å². The molecule has 0 aromatic carbocycles. The van der Waals surface area contributed by atoms with E-state index >= 15 is 0 Å². The van der Waals surface area contributed by atoms with Gasteiger partial charge in [0.15, 0.2) is 0 Å². The monoisotopic (exact) mass is 146 g/mol. The molecule has 0 aromatic rings.